The van der Waals surface area contributed by atoms with Crippen LogP contribution < -0.4 is 19.9 Å². The molecule has 1 fully saturated rings. The molecule has 1 saturated heterocycles. The molecule has 0 spiro atoms. The number of piperidine rings is 1. The number of carbonyl (C=O) groups is 1. The Morgan fingerprint density at radius 1 is 1.14 bits per heavy atom. The van der Waals surface area contributed by atoms with Crippen LogP contribution in [0.3, 0.4) is 0 Å². The molecule has 4 rings (SSSR count). The maximum atomic E-state index is 12.8. The minimum Gasteiger partial charge on any atom is -0.405 e. The van der Waals surface area contributed by atoms with Gasteiger partial charge in [-0.15, -0.1) is 25.6 Å². The van der Waals surface area contributed by atoms with E-state index in [1.165, 1.54) is 12.1 Å². The summed E-state index contributed by atoms with van der Waals surface area (Å²) < 4.78 is 42.7. The van der Waals surface area contributed by atoms with Crippen LogP contribution in [0.5, 0.6) is 5.75 Å². The Balaban J connectivity index is 0.00000342. The van der Waals surface area contributed by atoms with Gasteiger partial charge in [0.15, 0.2) is 0 Å². The monoisotopic (exact) mass is 573 g/mol. The minimum atomic E-state index is -4.90. The Labute approximate surface area is 215 Å². The molecule has 0 radical (unpaired) electrons. The average molecular weight is 575 g/mol. The lowest BCUT2D eigenvalue weighted by molar-refractivity contribution is -0.274. The number of ether oxygens (including phenoxy) is 1. The smallest absolute Gasteiger partial charge is 0.405 e. The molecular formula is C23H24BrClF3N5O2. The largest absolute Gasteiger partial charge is 0.573 e. The molecule has 0 aliphatic carbocycles. The zero-order chi connectivity index (χ0) is 24.5. The Bertz CT molecular complexity index is 1200. The van der Waals surface area contributed by atoms with E-state index in [2.05, 4.69) is 30.9 Å². The molecule has 1 aliphatic rings. The summed E-state index contributed by atoms with van der Waals surface area (Å²) in [6.45, 7) is 1.20. The summed E-state index contributed by atoms with van der Waals surface area (Å²) in [6, 6.07) is 11.5. The lowest BCUT2D eigenvalue weighted by Gasteiger charge is -2.33. The van der Waals surface area contributed by atoms with Crippen molar-refractivity contribution in [2.75, 3.05) is 37.0 Å². The van der Waals surface area contributed by atoms with E-state index in [1.807, 2.05) is 43.3 Å². The minimum absolute atomic E-state index is 0. The molecule has 2 aromatic carbocycles. The number of halogens is 5. The van der Waals surface area contributed by atoms with E-state index >= 15 is 0 Å². The van der Waals surface area contributed by atoms with Crippen molar-refractivity contribution in [3.05, 3.63) is 52.5 Å². The third kappa shape index (κ3) is 6.46. The number of anilines is 2. The number of amides is 1. The van der Waals surface area contributed by atoms with Crippen LogP contribution in [0.25, 0.3) is 10.9 Å². The first kappa shape index (κ1) is 26.8. The zero-order valence-electron chi connectivity index (χ0n) is 19.0. The van der Waals surface area contributed by atoms with Crippen LogP contribution >= 0.6 is 28.3 Å². The molecule has 12 heteroatoms. The predicted octanol–water partition coefficient (Wildman–Crippen LogP) is 5.18. The van der Waals surface area contributed by atoms with E-state index in [1.54, 1.807) is 0 Å². The van der Waals surface area contributed by atoms with Crippen LogP contribution in [0.2, 0.25) is 0 Å². The number of nitrogens with one attached hydrogen (secondary N) is 1. The second-order valence-corrected chi connectivity index (χ2v) is 9.10. The molecule has 0 atom stereocenters. The first-order valence-corrected chi connectivity index (χ1v) is 11.5. The number of aromatic nitrogens is 2. The molecule has 2 heterocycles. The second kappa shape index (κ2) is 10.9. The maximum Gasteiger partial charge on any atom is 0.573 e. The zero-order valence-corrected chi connectivity index (χ0v) is 21.4. The summed E-state index contributed by atoms with van der Waals surface area (Å²) in [7, 11) is 3.86. The number of alkyl halides is 3. The number of para-hydroxylation sites is 1. The summed E-state index contributed by atoms with van der Waals surface area (Å²) in [5.74, 6) is 0.282. The highest BCUT2D eigenvalue weighted by Crippen LogP contribution is 2.30. The van der Waals surface area contributed by atoms with Crippen LogP contribution in [0, 0.1) is 0 Å². The number of nitrogens with zero attached hydrogens (tertiary/aromatic N) is 4. The molecule has 188 valence electrons. The lowest BCUT2D eigenvalue weighted by atomic mass is 10.0. The van der Waals surface area contributed by atoms with Crippen LogP contribution in [-0.4, -0.2) is 55.5 Å². The van der Waals surface area contributed by atoms with Crippen LogP contribution in [0.15, 0.2) is 46.9 Å². The fourth-order valence-electron chi connectivity index (χ4n) is 3.91. The van der Waals surface area contributed by atoms with Crippen molar-refractivity contribution >= 4 is 56.9 Å². The number of hydrogen-bond acceptors (Lipinski definition) is 6. The van der Waals surface area contributed by atoms with Gasteiger partial charge in [-0.1, -0.05) is 28.1 Å². The summed E-state index contributed by atoms with van der Waals surface area (Å²) in [5.41, 5.74) is 0.676. The predicted molar refractivity (Wildman–Crippen MR) is 135 cm³/mol. The number of benzene rings is 2. The Morgan fingerprint density at radius 2 is 1.83 bits per heavy atom. The lowest BCUT2D eigenvalue weighted by Crippen LogP contribution is -2.45. The van der Waals surface area contributed by atoms with Crippen LogP contribution in [0.1, 0.15) is 23.2 Å². The molecule has 3 aromatic rings. The van der Waals surface area contributed by atoms with Gasteiger partial charge >= 0.3 is 6.36 Å². The maximum absolute atomic E-state index is 12.8. The van der Waals surface area contributed by atoms with E-state index in [0.29, 0.717) is 36.4 Å². The molecule has 1 amide bonds. The number of fused-ring (bicyclic) bond motifs is 1. The average Bonchev–Trinajstić information content (AvgIpc) is 2.77. The van der Waals surface area contributed by atoms with E-state index in [9.17, 15) is 18.0 Å². The van der Waals surface area contributed by atoms with Gasteiger partial charge in [0.2, 0.25) is 5.95 Å². The van der Waals surface area contributed by atoms with Crippen molar-refractivity contribution in [1.29, 1.82) is 0 Å². The van der Waals surface area contributed by atoms with E-state index in [0.717, 1.165) is 22.8 Å². The molecule has 0 unspecified atom stereocenters. The van der Waals surface area contributed by atoms with Crippen LogP contribution in [0.4, 0.5) is 24.9 Å². The van der Waals surface area contributed by atoms with Gasteiger partial charge in [0, 0.05) is 43.1 Å². The number of hydrogen-bond donors (Lipinski definition) is 1. The third-order valence-electron chi connectivity index (χ3n) is 5.52. The molecule has 7 nitrogen and oxygen atoms in total. The summed E-state index contributed by atoms with van der Waals surface area (Å²) >= 11 is 3.11. The van der Waals surface area contributed by atoms with Gasteiger partial charge in [-0.3, -0.25) is 4.79 Å². The fraction of sp³-hybridized carbons (Fsp3) is 0.348. The van der Waals surface area contributed by atoms with Gasteiger partial charge in [0.05, 0.1) is 11.1 Å². The normalized spacial score (nSPS) is 14.4. The Hall–Kier alpha value is -2.79. The molecule has 1 N–H and O–H groups in total. The van der Waals surface area contributed by atoms with Crippen molar-refractivity contribution in [2.24, 2.45) is 0 Å². The first-order valence-electron chi connectivity index (χ1n) is 10.7. The van der Waals surface area contributed by atoms with Crippen molar-refractivity contribution in [2.45, 2.75) is 25.2 Å². The van der Waals surface area contributed by atoms with E-state index in [-0.39, 0.29) is 24.0 Å². The molecule has 0 saturated carbocycles. The van der Waals surface area contributed by atoms with Gasteiger partial charge in [-0.25, -0.2) is 4.98 Å². The second-order valence-electron chi connectivity index (χ2n) is 8.18. The van der Waals surface area contributed by atoms with Crippen LogP contribution in [-0.2, 0) is 0 Å². The molecule has 1 aliphatic heterocycles. The van der Waals surface area contributed by atoms with Gasteiger partial charge in [0.25, 0.3) is 5.91 Å². The van der Waals surface area contributed by atoms with Gasteiger partial charge < -0.3 is 19.9 Å². The Kier molecular flexibility index (Phi) is 8.32. The molecule has 1 aromatic heterocycles. The number of carbonyl (C=O) groups excluding carboxylic acids is 1. The van der Waals surface area contributed by atoms with Gasteiger partial charge in [0.1, 0.15) is 11.6 Å². The number of rotatable bonds is 5. The van der Waals surface area contributed by atoms with Crippen molar-refractivity contribution < 1.29 is 22.7 Å². The Morgan fingerprint density at radius 3 is 2.49 bits per heavy atom. The quantitative estimate of drug-likeness (QED) is 0.453. The molecule has 0 bridgehead atoms. The van der Waals surface area contributed by atoms with Crippen molar-refractivity contribution in [3.63, 3.8) is 0 Å². The topological polar surface area (TPSA) is 70.6 Å². The first-order chi connectivity index (χ1) is 16.1. The SMILES string of the molecule is CN(C)c1nc(N2CCC(NC(=O)c3ccc(Br)cc3OC(F)(F)F)CC2)nc2ccccc12.Cl. The molecular weight excluding hydrogens is 551 g/mol. The van der Waals surface area contributed by atoms with Gasteiger partial charge in [-0.2, -0.15) is 4.98 Å². The van der Waals surface area contributed by atoms with E-state index in [4.69, 9.17) is 9.97 Å². The highest BCUT2D eigenvalue weighted by molar-refractivity contribution is 9.10. The third-order valence-corrected chi connectivity index (χ3v) is 6.02. The van der Waals surface area contributed by atoms with E-state index < -0.39 is 18.0 Å². The summed E-state index contributed by atoms with van der Waals surface area (Å²) in [6.07, 6.45) is -3.69. The van der Waals surface area contributed by atoms with Crippen molar-refractivity contribution in [1.82, 2.24) is 15.3 Å². The summed E-state index contributed by atoms with van der Waals surface area (Å²) in [4.78, 5) is 26.2. The standard InChI is InChI=1S/C23H23BrF3N5O2.ClH/c1-31(2)20-16-5-3-4-6-18(16)29-22(30-20)32-11-9-15(10-12-32)28-21(33)17-8-7-14(24)13-19(17)34-23(25,26)27;/h3-8,13,15H,9-12H2,1-2H3,(H,28,33);1H. The van der Waals surface area contributed by atoms with Gasteiger partial charge in [-0.05, 0) is 43.2 Å². The van der Waals surface area contributed by atoms with Crippen molar-refractivity contribution in [3.8, 4) is 5.75 Å². The highest BCUT2D eigenvalue weighted by Gasteiger charge is 2.33. The summed E-state index contributed by atoms with van der Waals surface area (Å²) in [5, 5.41) is 3.80. The highest BCUT2D eigenvalue weighted by atomic mass is 79.9. The molecule has 35 heavy (non-hydrogen) atoms. The fourth-order valence-corrected chi connectivity index (χ4v) is 4.25.